The maximum Gasteiger partial charge on any atom is 0.311 e. The number of nitrogens with zero attached hydrogens (tertiary/aromatic N) is 3. The van der Waals surface area contributed by atoms with Crippen molar-refractivity contribution in [1.29, 1.82) is 0 Å². The van der Waals surface area contributed by atoms with Gasteiger partial charge in [-0.3, -0.25) is 14.5 Å². The van der Waals surface area contributed by atoms with Crippen LogP contribution in [0.5, 0.6) is 0 Å². The fraction of sp³-hybridized carbons (Fsp3) is 0.476. The summed E-state index contributed by atoms with van der Waals surface area (Å²) in [7, 11) is 0. The lowest BCUT2D eigenvalue weighted by molar-refractivity contribution is -0.149. The monoisotopic (exact) mass is 382 g/mol. The largest absolute Gasteiger partial charge is 0.481 e. The van der Waals surface area contributed by atoms with Crippen LogP contribution < -0.4 is 5.32 Å². The van der Waals surface area contributed by atoms with Crippen molar-refractivity contribution >= 4 is 17.6 Å². The molecule has 1 aromatic heterocycles. The summed E-state index contributed by atoms with van der Waals surface area (Å²) in [5.41, 5.74) is 2.64. The maximum absolute atomic E-state index is 12.7. The van der Waals surface area contributed by atoms with Gasteiger partial charge in [0.1, 0.15) is 0 Å². The van der Waals surface area contributed by atoms with E-state index in [1.54, 1.807) is 0 Å². The molecule has 2 aliphatic rings. The van der Waals surface area contributed by atoms with Crippen LogP contribution in [0.2, 0.25) is 0 Å². The Balaban J connectivity index is 1.45. The van der Waals surface area contributed by atoms with Crippen LogP contribution in [0.1, 0.15) is 30.7 Å². The minimum absolute atomic E-state index is 0.126. The highest BCUT2D eigenvalue weighted by molar-refractivity contribution is 5.93. The number of carboxylic acid groups (broad SMARTS) is 1. The van der Waals surface area contributed by atoms with Crippen molar-refractivity contribution in [1.82, 2.24) is 14.7 Å². The van der Waals surface area contributed by atoms with E-state index in [0.29, 0.717) is 19.5 Å². The van der Waals surface area contributed by atoms with E-state index in [1.165, 1.54) is 0 Å². The molecule has 2 atom stereocenters. The standard InChI is InChI=1S/C21H26N4O3/c1-14-19(15(2)25(23-14)17-8-4-3-5-9-17)22-18(26)12-24-11-16-7-6-10-21(16,13-24)20(27)28/h3-5,8-9,16H,6-7,10-13H2,1-2H3,(H,22,26)(H,27,28)/t16-,21+/m0/s1. The molecule has 1 aliphatic heterocycles. The number of anilines is 1. The third-order valence-corrected chi connectivity index (χ3v) is 6.29. The van der Waals surface area contributed by atoms with Gasteiger partial charge in [0.25, 0.3) is 0 Å². The summed E-state index contributed by atoms with van der Waals surface area (Å²) < 4.78 is 1.82. The second-order valence-electron chi connectivity index (χ2n) is 8.06. The Kier molecular flexibility index (Phi) is 4.71. The lowest BCUT2D eigenvalue weighted by Gasteiger charge is -2.23. The second kappa shape index (κ2) is 7.05. The molecule has 148 valence electrons. The number of rotatable bonds is 5. The van der Waals surface area contributed by atoms with Crippen LogP contribution >= 0.6 is 0 Å². The maximum atomic E-state index is 12.7. The molecule has 2 N–H and O–H groups in total. The number of aryl methyl sites for hydroxylation is 1. The number of likely N-dealkylation sites (tertiary alicyclic amines) is 1. The minimum Gasteiger partial charge on any atom is -0.481 e. The van der Waals surface area contributed by atoms with Crippen LogP contribution in [-0.2, 0) is 9.59 Å². The van der Waals surface area contributed by atoms with Gasteiger partial charge in [0.05, 0.1) is 34.7 Å². The van der Waals surface area contributed by atoms with Crippen LogP contribution in [0.15, 0.2) is 30.3 Å². The number of hydrogen-bond acceptors (Lipinski definition) is 4. The molecular weight excluding hydrogens is 356 g/mol. The van der Waals surface area contributed by atoms with Crippen molar-refractivity contribution in [3.63, 3.8) is 0 Å². The molecule has 0 spiro atoms. The van der Waals surface area contributed by atoms with Gasteiger partial charge in [0.15, 0.2) is 0 Å². The Hall–Kier alpha value is -2.67. The van der Waals surface area contributed by atoms with Crippen molar-refractivity contribution in [2.45, 2.75) is 33.1 Å². The average molecular weight is 382 g/mol. The number of para-hydroxylation sites is 1. The number of amides is 1. The van der Waals surface area contributed by atoms with Gasteiger partial charge >= 0.3 is 5.97 Å². The molecule has 1 saturated carbocycles. The van der Waals surface area contributed by atoms with Crippen LogP contribution in [0, 0.1) is 25.2 Å². The van der Waals surface area contributed by atoms with E-state index >= 15 is 0 Å². The van der Waals surface area contributed by atoms with Gasteiger partial charge in [-0.2, -0.15) is 5.10 Å². The van der Waals surface area contributed by atoms with E-state index in [9.17, 15) is 14.7 Å². The fourth-order valence-electron chi connectivity index (χ4n) is 4.89. The summed E-state index contributed by atoms with van der Waals surface area (Å²) >= 11 is 0. The first-order chi connectivity index (χ1) is 13.4. The van der Waals surface area contributed by atoms with E-state index in [4.69, 9.17) is 0 Å². The number of benzene rings is 1. The van der Waals surface area contributed by atoms with Crippen LogP contribution in [0.3, 0.4) is 0 Å². The van der Waals surface area contributed by atoms with Gasteiger partial charge in [0, 0.05) is 13.1 Å². The molecule has 0 bridgehead atoms. The summed E-state index contributed by atoms with van der Waals surface area (Å²) in [5.74, 6) is -0.685. The first-order valence-corrected chi connectivity index (χ1v) is 9.78. The third-order valence-electron chi connectivity index (χ3n) is 6.29. The topological polar surface area (TPSA) is 87.5 Å². The molecule has 2 fully saturated rings. The molecule has 4 rings (SSSR count). The molecular formula is C21H26N4O3. The predicted molar refractivity (Wildman–Crippen MR) is 106 cm³/mol. The number of aliphatic carboxylic acids is 1. The van der Waals surface area contributed by atoms with Crippen molar-refractivity contribution in [2.75, 3.05) is 25.0 Å². The SMILES string of the molecule is Cc1nn(-c2ccccc2)c(C)c1NC(=O)CN1C[C@@H]2CCC[C@@]2(C(=O)O)C1. The lowest BCUT2D eigenvalue weighted by Crippen LogP contribution is -2.37. The second-order valence-corrected chi connectivity index (χ2v) is 8.06. The summed E-state index contributed by atoms with van der Waals surface area (Å²) in [6.45, 7) is 5.16. The summed E-state index contributed by atoms with van der Waals surface area (Å²) in [5, 5.41) is 17.3. The predicted octanol–water partition coefficient (Wildman–Crippen LogP) is 2.61. The Morgan fingerprint density at radius 2 is 2.04 bits per heavy atom. The third kappa shape index (κ3) is 3.09. The molecule has 1 aliphatic carbocycles. The Morgan fingerprint density at radius 1 is 1.29 bits per heavy atom. The van der Waals surface area contributed by atoms with Crippen molar-refractivity contribution < 1.29 is 14.7 Å². The molecule has 7 heteroatoms. The van der Waals surface area contributed by atoms with Crippen LogP contribution in [0.4, 0.5) is 5.69 Å². The Morgan fingerprint density at radius 3 is 2.71 bits per heavy atom. The number of aromatic nitrogens is 2. The average Bonchev–Trinajstić information content (AvgIpc) is 3.29. The van der Waals surface area contributed by atoms with E-state index in [0.717, 1.165) is 35.6 Å². The quantitative estimate of drug-likeness (QED) is 0.830. The Labute approximate surface area is 164 Å². The molecule has 0 unspecified atom stereocenters. The number of carboxylic acids is 1. The highest BCUT2D eigenvalue weighted by Gasteiger charge is 2.54. The lowest BCUT2D eigenvalue weighted by atomic mass is 9.81. The van der Waals surface area contributed by atoms with E-state index in [1.807, 2.05) is 53.8 Å². The molecule has 7 nitrogen and oxygen atoms in total. The zero-order valence-corrected chi connectivity index (χ0v) is 16.3. The van der Waals surface area contributed by atoms with Crippen LogP contribution in [-0.4, -0.2) is 51.3 Å². The molecule has 28 heavy (non-hydrogen) atoms. The minimum atomic E-state index is -0.714. The number of fused-ring (bicyclic) bond motifs is 1. The Bertz CT molecular complexity index is 908. The van der Waals surface area contributed by atoms with Gasteiger partial charge in [0.2, 0.25) is 5.91 Å². The highest BCUT2D eigenvalue weighted by atomic mass is 16.4. The van der Waals surface area contributed by atoms with Gasteiger partial charge in [-0.05, 0) is 44.7 Å². The zero-order valence-electron chi connectivity index (χ0n) is 16.3. The van der Waals surface area contributed by atoms with Crippen LogP contribution in [0.25, 0.3) is 5.69 Å². The molecule has 2 aromatic rings. The highest BCUT2D eigenvalue weighted by Crippen LogP contribution is 2.48. The summed E-state index contributed by atoms with van der Waals surface area (Å²) in [6, 6.07) is 9.80. The van der Waals surface area contributed by atoms with E-state index in [-0.39, 0.29) is 18.4 Å². The molecule has 1 amide bonds. The van der Waals surface area contributed by atoms with Crippen molar-refractivity contribution in [3.05, 3.63) is 41.7 Å². The fourth-order valence-corrected chi connectivity index (χ4v) is 4.89. The van der Waals surface area contributed by atoms with Crippen molar-refractivity contribution in [2.24, 2.45) is 11.3 Å². The first-order valence-electron chi connectivity index (χ1n) is 9.78. The van der Waals surface area contributed by atoms with Crippen molar-refractivity contribution in [3.8, 4) is 5.69 Å². The number of carbonyl (C=O) groups excluding carboxylic acids is 1. The summed E-state index contributed by atoms with van der Waals surface area (Å²) in [6.07, 6.45) is 2.62. The first kappa shape index (κ1) is 18.7. The smallest absolute Gasteiger partial charge is 0.311 e. The van der Waals surface area contributed by atoms with E-state index < -0.39 is 11.4 Å². The van der Waals surface area contributed by atoms with Gasteiger partial charge in [-0.25, -0.2) is 4.68 Å². The van der Waals surface area contributed by atoms with Gasteiger partial charge in [-0.15, -0.1) is 0 Å². The summed E-state index contributed by atoms with van der Waals surface area (Å²) in [4.78, 5) is 26.5. The van der Waals surface area contributed by atoms with Gasteiger partial charge in [-0.1, -0.05) is 24.6 Å². The molecule has 1 saturated heterocycles. The number of hydrogen-bond donors (Lipinski definition) is 2. The normalized spacial score (nSPS) is 24.3. The molecule has 0 radical (unpaired) electrons. The number of nitrogens with one attached hydrogen (secondary N) is 1. The molecule has 1 aromatic carbocycles. The van der Waals surface area contributed by atoms with Gasteiger partial charge < -0.3 is 10.4 Å². The number of carbonyl (C=O) groups is 2. The zero-order chi connectivity index (χ0) is 19.9. The van der Waals surface area contributed by atoms with E-state index in [2.05, 4.69) is 10.4 Å². The molecule has 2 heterocycles.